The van der Waals surface area contributed by atoms with E-state index in [0.29, 0.717) is 12.8 Å². The second-order valence-corrected chi connectivity index (χ2v) is 5.80. The first kappa shape index (κ1) is 11.1. The topological polar surface area (TPSA) is 63.6 Å². The van der Waals surface area contributed by atoms with Crippen LogP contribution in [0, 0.1) is 5.92 Å². The fraction of sp³-hybridized carbons (Fsp3) is 0.667. The molecule has 1 aliphatic rings. The third-order valence-electron chi connectivity index (χ3n) is 2.48. The van der Waals surface area contributed by atoms with E-state index in [1.165, 1.54) is 6.08 Å². The average molecular weight is 215 g/mol. The fourth-order valence-electron chi connectivity index (χ4n) is 1.56. The number of nitrogens with zero attached hydrogens (tertiary/aromatic N) is 1. The summed E-state index contributed by atoms with van der Waals surface area (Å²) in [6.07, 6.45) is 2.66. The molecule has 0 N–H and O–H groups in total. The summed E-state index contributed by atoms with van der Waals surface area (Å²) in [4.78, 5) is 13.3. The highest BCUT2D eigenvalue weighted by atomic mass is 32.2. The SMILES string of the molecule is C=C(CN=C=O)C1CCS(=O)(=O)CC1. The van der Waals surface area contributed by atoms with E-state index in [1.807, 2.05) is 0 Å². The summed E-state index contributed by atoms with van der Waals surface area (Å²) >= 11 is 0. The van der Waals surface area contributed by atoms with Gasteiger partial charge >= 0.3 is 0 Å². The van der Waals surface area contributed by atoms with Crippen molar-refractivity contribution in [1.82, 2.24) is 0 Å². The molecular formula is C9H13NO3S. The van der Waals surface area contributed by atoms with Crippen molar-refractivity contribution in [1.29, 1.82) is 0 Å². The zero-order valence-electron chi connectivity index (χ0n) is 7.90. The number of sulfone groups is 1. The molecule has 1 saturated heterocycles. The molecule has 0 spiro atoms. The maximum absolute atomic E-state index is 11.1. The minimum atomic E-state index is -2.82. The first-order chi connectivity index (χ1) is 6.55. The third kappa shape index (κ3) is 3.09. The van der Waals surface area contributed by atoms with E-state index >= 15 is 0 Å². The predicted molar refractivity (Wildman–Crippen MR) is 53.5 cm³/mol. The van der Waals surface area contributed by atoms with Gasteiger partial charge in [-0.15, -0.1) is 0 Å². The highest BCUT2D eigenvalue weighted by Crippen LogP contribution is 2.24. The molecule has 0 unspecified atom stereocenters. The van der Waals surface area contributed by atoms with Gasteiger partial charge in [0, 0.05) is 0 Å². The molecular weight excluding hydrogens is 202 g/mol. The van der Waals surface area contributed by atoms with Gasteiger partial charge in [-0.3, -0.25) is 0 Å². The van der Waals surface area contributed by atoms with E-state index in [0.717, 1.165) is 5.57 Å². The van der Waals surface area contributed by atoms with E-state index in [9.17, 15) is 13.2 Å². The smallest absolute Gasteiger partial charge is 0.229 e. The first-order valence-corrected chi connectivity index (χ1v) is 6.29. The molecule has 1 heterocycles. The summed E-state index contributed by atoms with van der Waals surface area (Å²) in [7, 11) is -2.82. The van der Waals surface area contributed by atoms with Crippen molar-refractivity contribution in [2.45, 2.75) is 12.8 Å². The van der Waals surface area contributed by atoms with Gasteiger partial charge in [0.05, 0.1) is 18.1 Å². The highest BCUT2D eigenvalue weighted by molar-refractivity contribution is 7.91. The van der Waals surface area contributed by atoms with E-state index in [2.05, 4.69) is 11.6 Å². The van der Waals surface area contributed by atoms with Crippen LogP contribution in [0.2, 0.25) is 0 Å². The van der Waals surface area contributed by atoms with Crippen LogP contribution in [0.15, 0.2) is 17.1 Å². The maximum atomic E-state index is 11.1. The molecule has 0 radical (unpaired) electrons. The summed E-state index contributed by atoms with van der Waals surface area (Å²) in [5, 5.41) is 0. The van der Waals surface area contributed by atoms with Crippen LogP contribution >= 0.6 is 0 Å². The van der Waals surface area contributed by atoms with Crippen LogP contribution in [0.1, 0.15) is 12.8 Å². The monoisotopic (exact) mass is 215 g/mol. The molecule has 78 valence electrons. The Morgan fingerprint density at radius 1 is 1.43 bits per heavy atom. The molecule has 0 aromatic rings. The Bertz CT molecular complexity index is 352. The number of isocyanates is 1. The second-order valence-electron chi connectivity index (χ2n) is 3.49. The maximum Gasteiger partial charge on any atom is 0.235 e. The van der Waals surface area contributed by atoms with Gasteiger partial charge in [0.1, 0.15) is 9.84 Å². The number of hydrogen-bond acceptors (Lipinski definition) is 4. The number of aliphatic imine (C=N–C) groups is 1. The summed E-state index contributed by atoms with van der Waals surface area (Å²) in [5.41, 5.74) is 0.836. The Balaban J connectivity index is 2.49. The van der Waals surface area contributed by atoms with Gasteiger partial charge in [-0.2, -0.15) is 0 Å². The van der Waals surface area contributed by atoms with E-state index in [4.69, 9.17) is 0 Å². The minimum Gasteiger partial charge on any atom is -0.229 e. The van der Waals surface area contributed by atoms with Crippen molar-refractivity contribution in [2.24, 2.45) is 10.9 Å². The lowest BCUT2D eigenvalue weighted by Gasteiger charge is -2.22. The molecule has 0 bridgehead atoms. The fourth-order valence-corrected chi connectivity index (χ4v) is 3.05. The standard InChI is InChI=1S/C9H13NO3S/c1-8(6-10-7-11)9-2-4-14(12,13)5-3-9/h9H,1-6H2. The van der Waals surface area contributed by atoms with Crippen molar-refractivity contribution in [3.63, 3.8) is 0 Å². The van der Waals surface area contributed by atoms with Gasteiger partial charge in [0.25, 0.3) is 0 Å². The lowest BCUT2D eigenvalue weighted by Crippen LogP contribution is -2.24. The molecule has 1 aliphatic heterocycles. The Kier molecular flexibility index (Phi) is 3.61. The van der Waals surface area contributed by atoms with Crippen molar-refractivity contribution >= 4 is 15.9 Å². The molecule has 0 saturated carbocycles. The summed E-state index contributed by atoms with van der Waals surface area (Å²) in [5.74, 6) is 0.638. The highest BCUT2D eigenvalue weighted by Gasteiger charge is 2.24. The van der Waals surface area contributed by atoms with E-state index in [-0.39, 0.29) is 24.0 Å². The summed E-state index contributed by atoms with van der Waals surface area (Å²) < 4.78 is 22.2. The van der Waals surface area contributed by atoms with Gasteiger partial charge in [0.2, 0.25) is 6.08 Å². The largest absolute Gasteiger partial charge is 0.235 e. The van der Waals surface area contributed by atoms with Crippen LogP contribution in [0.25, 0.3) is 0 Å². The van der Waals surface area contributed by atoms with Gasteiger partial charge in [-0.05, 0) is 18.8 Å². The zero-order chi connectivity index (χ0) is 10.6. The van der Waals surface area contributed by atoms with E-state index in [1.54, 1.807) is 0 Å². The van der Waals surface area contributed by atoms with E-state index < -0.39 is 9.84 Å². The molecule has 14 heavy (non-hydrogen) atoms. The molecule has 0 atom stereocenters. The second kappa shape index (κ2) is 4.53. The van der Waals surface area contributed by atoms with Crippen LogP contribution in [0.5, 0.6) is 0 Å². The van der Waals surface area contributed by atoms with Crippen molar-refractivity contribution < 1.29 is 13.2 Å². The normalized spacial score (nSPS) is 21.1. The van der Waals surface area contributed by atoms with Crippen molar-refractivity contribution in [2.75, 3.05) is 18.1 Å². The lowest BCUT2D eigenvalue weighted by molar-refractivity contribution is 0.514. The van der Waals surface area contributed by atoms with Crippen LogP contribution in [-0.4, -0.2) is 32.5 Å². The van der Waals surface area contributed by atoms with Crippen LogP contribution in [0.4, 0.5) is 0 Å². The molecule has 4 nitrogen and oxygen atoms in total. The summed E-state index contributed by atoms with van der Waals surface area (Å²) in [6, 6.07) is 0. The molecule has 0 amide bonds. The molecule has 1 rings (SSSR count). The number of carbonyl (C=O) groups excluding carboxylic acids is 1. The summed E-state index contributed by atoms with van der Waals surface area (Å²) in [6.45, 7) is 4.07. The van der Waals surface area contributed by atoms with Gasteiger partial charge in [0.15, 0.2) is 0 Å². The predicted octanol–water partition coefficient (Wildman–Crippen LogP) is 0.703. The quantitative estimate of drug-likeness (QED) is 0.395. The third-order valence-corrected chi connectivity index (χ3v) is 4.19. The number of rotatable bonds is 3. The van der Waals surface area contributed by atoms with Crippen LogP contribution in [-0.2, 0) is 14.6 Å². The van der Waals surface area contributed by atoms with Crippen LogP contribution in [0.3, 0.4) is 0 Å². The Labute approximate surface area is 83.6 Å². The first-order valence-electron chi connectivity index (χ1n) is 4.47. The molecule has 0 aromatic heterocycles. The van der Waals surface area contributed by atoms with Gasteiger partial charge < -0.3 is 0 Å². The minimum absolute atomic E-state index is 0.190. The molecule has 0 aromatic carbocycles. The van der Waals surface area contributed by atoms with Gasteiger partial charge in [-0.25, -0.2) is 18.2 Å². The lowest BCUT2D eigenvalue weighted by atomic mass is 9.94. The zero-order valence-corrected chi connectivity index (χ0v) is 8.72. The van der Waals surface area contributed by atoms with Crippen molar-refractivity contribution in [3.8, 4) is 0 Å². The van der Waals surface area contributed by atoms with Crippen molar-refractivity contribution in [3.05, 3.63) is 12.2 Å². The molecule has 0 aliphatic carbocycles. The Morgan fingerprint density at radius 3 is 2.50 bits per heavy atom. The Hall–Kier alpha value is -0.930. The Morgan fingerprint density at radius 2 is 2.00 bits per heavy atom. The van der Waals surface area contributed by atoms with Gasteiger partial charge in [-0.1, -0.05) is 12.2 Å². The average Bonchev–Trinajstić information content (AvgIpc) is 2.14. The number of hydrogen-bond donors (Lipinski definition) is 0. The molecule has 1 fully saturated rings. The molecule has 5 heteroatoms. The van der Waals surface area contributed by atoms with Crippen LogP contribution < -0.4 is 0 Å².